The lowest BCUT2D eigenvalue weighted by atomic mass is 10.2. The molecule has 0 aliphatic carbocycles. The lowest BCUT2D eigenvalue weighted by Crippen LogP contribution is -2.28. The van der Waals surface area contributed by atoms with Crippen LogP contribution >= 0.6 is 0 Å². The molecule has 146 valence electrons. The van der Waals surface area contributed by atoms with E-state index in [1.165, 1.54) is 0 Å². The SMILES string of the molecule is COc1ccccc1OCCNC(=O)c1ccn(-c2cc(C)ccc2OC)n1. The average molecular weight is 381 g/mol. The van der Waals surface area contributed by atoms with Gasteiger partial charge in [0.2, 0.25) is 0 Å². The fraction of sp³-hybridized carbons (Fsp3) is 0.238. The topological polar surface area (TPSA) is 74.6 Å². The minimum Gasteiger partial charge on any atom is -0.494 e. The molecule has 0 atom stereocenters. The Bertz CT molecular complexity index is 952. The molecule has 0 unspecified atom stereocenters. The number of hydrogen-bond acceptors (Lipinski definition) is 5. The Morgan fingerprint density at radius 1 is 1.04 bits per heavy atom. The summed E-state index contributed by atoms with van der Waals surface area (Å²) in [4.78, 5) is 12.3. The number of hydrogen-bond donors (Lipinski definition) is 1. The van der Waals surface area contributed by atoms with Gasteiger partial charge in [-0.05, 0) is 42.8 Å². The van der Waals surface area contributed by atoms with Crippen molar-refractivity contribution in [2.24, 2.45) is 0 Å². The van der Waals surface area contributed by atoms with Gasteiger partial charge in [-0.25, -0.2) is 4.68 Å². The number of aryl methyl sites for hydroxylation is 1. The van der Waals surface area contributed by atoms with E-state index in [0.717, 1.165) is 11.3 Å². The van der Waals surface area contributed by atoms with Crippen molar-refractivity contribution in [3.05, 3.63) is 66.0 Å². The predicted octanol–water partition coefficient (Wildman–Crippen LogP) is 3.01. The third-order valence-corrected chi connectivity index (χ3v) is 4.12. The molecule has 0 aliphatic heterocycles. The number of ether oxygens (including phenoxy) is 3. The fourth-order valence-corrected chi connectivity index (χ4v) is 2.71. The molecule has 0 aliphatic rings. The second-order valence-corrected chi connectivity index (χ2v) is 6.08. The normalized spacial score (nSPS) is 10.4. The molecule has 0 spiro atoms. The van der Waals surface area contributed by atoms with Crippen LogP contribution in [0.4, 0.5) is 0 Å². The van der Waals surface area contributed by atoms with Gasteiger partial charge in [0.05, 0.1) is 20.8 Å². The summed E-state index contributed by atoms with van der Waals surface area (Å²) in [6, 6.07) is 14.8. The van der Waals surface area contributed by atoms with Gasteiger partial charge in [0.25, 0.3) is 5.91 Å². The van der Waals surface area contributed by atoms with Gasteiger partial charge in [-0.15, -0.1) is 0 Å². The Hall–Kier alpha value is -3.48. The standard InChI is InChI=1S/C21H23N3O4/c1-15-8-9-18(26-2)17(14-15)24-12-10-16(23-24)21(25)22-11-13-28-20-7-5-4-6-19(20)27-3/h4-10,12,14H,11,13H2,1-3H3,(H,22,25). The second kappa shape index (κ2) is 8.94. The Labute approximate surface area is 163 Å². The molecule has 7 heteroatoms. The predicted molar refractivity (Wildman–Crippen MR) is 106 cm³/mol. The molecule has 7 nitrogen and oxygen atoms in total. The third-order valence-electron chi connectivity index (χ3n) is 4.12. The molecule has 1 heterocycles. The molecule has 28 heavy (non-hydrogen) atoms. The van der Waals surface area contributed by atoms with Crippen molar-refractivity contribution in [3.8, 4) is 22.9 Å². The zero-order valence-corrected chi connectivity index (χ0v) is 16.1. The van der Waals surface area contributed by atoms with E-state index >= 15 is 0 Å². The first-order valence-electron chi connectivity index (χ1n) is 8.87. The lowest BCUT2D eigenvalue weighted by molar-refractivity contribution is 0.0941. The molecule has 1 N–H and O–H groups in total. The number of aromatic nitrogens is 2. The van der Waals surface area contributed by atoms with Crippen molar-refractivity contribution >= 4 is 5.91 Å². The number of methoxy groups -OCH3 is 2. The van der Waals surface area contributed by atoms with Crippen LogP contribution in [0.25, 0.3) is 5.69 Å². The maximum atomic E-state index is 12.3. The van der Waals surface area contributed by atoms with Gasteiger partial charge in [0.1, 0.15) is 18.0 Å². The van der Waals surface area contributed by atoms with Crippen molar-refractivity contribution in [2.75, 3.05) is 27.4 Å². The zero-order valence-electron chi connectivity index (χ0n) is 16.1. The van der Waals surface area contributed by atoms with E-state index in [0.29, 0.717) is 36.1 Å². The van der Waals surface area contributed by atoms with Crippen LogP contribution in [0.3, 0.4) is 0 Å². The summed E-state index contributed by atoms with van der Waals surface area (Å²) in [5.74, 6) is 1.70. The minimum absolute atomic E-state index is 0.269. The highest BCUT2D eigenvalue weighted by Gasteiger charge is 2.12. The van der Waals surface area contributed by atoms with Gasteiger partial charge < -0.3 is 19.5 Å². The largest absolute Gasteiger partial charge is 0.494 e. The summed E-state index contributed by atoms with van der Waals surface area (Å²) in [5, 5.41) is 7.16. The third kappa shape index (κ3) is 4.43. The van der Waals surface area contributed by atoms with E-state index in [2.05, 4.69) is 10.4 Å². The molecule has 0 radical (unpaired) electrons. The lowest BCUT2D eigenvalue weighted by Gasteiger charge is -2.10. The molecule has 2 aromatic carbocycles. The molecule has 0 saturated heterocycles. The first-order chi connectivity index (χ1) is 13.6. The summed E-state index contributed by atoms with van der Waals surface area (Å²) < 4.78 is 17.9. The van der Waals surface area contributed by atoms with Crippen LogP contribution in [0.1, 0.15) is 16.1 Å². The van der Waals surface area contributed by atoms with Gasteiger partial charge in [-0.3, -0.25) is 4.79 Å². The van der Waals surface area contributed by atoms with E-state index in [-0.39, 0.29) is 5.91 Å². The minimum atomic E-state index is -0.269. The highest BCUT2D eigenvalue weighted by atomic mass is 16.5. The summed E-state index contributed by atoms with van der Waals surface area (Å²) in [7, 11) is 3.19. The highest BCUT2D eigenvalue weighted by Crippen LogP contribution is 2.25. The number of carbonyl (C=O) groups excluding carboxylic acids is 1. The Morgan fingerprint density at radius 2 is 1.79 bits per heavy atom. The van der Waals surface area contributed by atoms with E-state index < -0.39 is 0 Å². The van der Waals surface area contributed by atoms with Crippen LogP contribution in [0.15, 0.2) is 54.7 Å². The van der Waals surface area contributed by atoms with Gasteiger partial charge in [-0.2, -0.15) is 5.10 Å². The Kier molecular flexibility index (Phi) is 6.16. The van der Waals surface area contributed by atoms with E-state index in [9.17, 15) is 4.79 Å². The van der Waals surface area contributed by atoms with Crippen LogP contribution in [-0.2, 0) is 0 Å². The monoisotopic (exact) mass is 381 g/mol. The van der Waals surface area contributed by atoms with Crippen molar-refractivity contribution in [2.45, 2.75) is 6.92 Å². The maximum Gasteiger partial charge on any atom is 0.271 e. The van der Waals surface area contributed by atoms with Gasteiger partial charge in [-0.1, -0.05) is 18.2 Å². The zero-order chi connectivity index (χ0) is 19.9. The number of rotatable bonds is 8. The molecular weight excluding hydrogens is 358 g/mol. The first-order valence-corrected chi connectivity index (χ1v) is 8.87. The number of nitrogens with one attached hydrogen (secondary N) is 1. The van der Waals surface area contributed by atoms with E-state index in [1.807, 2.05) is 49.4 Å². The van der Waals surface area contributed by atoms with Crippen molar-refractivity contribution in [1.29, 1.82) is 0 Å². The van der Waals surface area contributed by atoms with E-state index in [1.54, 1.807) is 31.2 Å². The number of amides is 1. The summed E-state index contributed by atoms with van der Waals surface area (Å²) in [6.45, 7) is 2.65. The van der Waals surface area contributed by atoms with Gasteiger partial charge >= 0.3 is 0 Å². The number of benzene rings is 2. The molecule has 3 aromatic rings. The van der Waals surface area contributed by atoms with E-state index in [4.69, 9.17) is 14.2 Å². The van der Waals surface area contributed by atoms with Crippen LogP contribution in [0, 0.1) is 6.92 Å². The molecule has 0 bridgehead atoms. The summed E-state index contributed by atoms with van der Waals surface area (Å²) in [5.41, 5.74) is 2.17. The van der Waals surface area contributed by atoms with Crippen molar-refractivity contribution < 1.29 is 19.0 Å². The molecule has 3 rings (SSSR count). The van der Waals surface area contributed by atoms with Crippen LogP contribution in [-0.4, -0.2) is 43.1 Å². The Morgan fingerprint density at radius 3 is 2.54 bits per heavy atom. The summed E-state index contributed by atoms with van der Waals surface area (Å²) >= 11 is 0. The van der Waals surface area contributed by atoms with Crippen LogP contribution in [0.2, 0.25) is 0 Å². The van der Waals surface area contributed by atoms with Crippen molar-refractivity contribution in [1.82, 2.24) is 15.1 Å². The molecule has 0 saturated carbocycles. The molecule has 1 amide bonds. The van der Waals surface area contributed by atoms with Crippen LogP contribution in [0.5, 0.6) is 17.2 Å². The summed E-state index contributed by atoms with van der Waals surface area (Å²) in [6.07, 6.45) is 1.73. The number of carbonyl (C=O) groups is 1. The van der Waals surface area contributed by atoms with Crippen molar-refractivity contribution in [3.63, 3.8) is 0 Å². The first kappa shape index (κ1) is 19.3. The van der Waals surface area contributed by atoms with Gasteiger partial charge in [0, 0.05) is 6.20 Å². The second-order valence-electron chi connectivity index (χ2n) is 6.08. The number of para-hydroxylation sites is 2. The molecular formula is C21H23N3O4. The van der Waals surface area contributed by atoms with Crippen LogP contribution < -0.4 is 19.5 Å². The fourth-order valence-electron chi connectivity index (χ4n) is 2.71. The average Bonchev–Trinajstić information content (AvgIpc) is 3.21. The quantitative estimate of drug-likeness (QED) is 0.607. The molecule has 1 aromatic heterocycles. The number of nitrogens with zero attached hydrogens (tertiary/aromatic N) is 2. The Balaban J connectivity index is 1.58. The maximum absolute atomic E-state index is 12.3. The highest BCUT2D eigenvalue weighted by molar-refractivity contribution is 5.92. The smallest absolute Gasteiger partial charge is 0.271 e. The van der Waals surface area contributed by atoms with Gasteiger partial charge in [0.15, 0.2) is 17.2 Å². The molecule has 0 fully saturated rings.